The summed E-state index contributed by atoms with van der Waals surface area (Å²) in [6.07, 6.45) is 3.25. The third kappa shape index (κ3) is 2.31. The van der Waals surface area contributed by atoms with Gasteiger partial charge in [-0.15, -0.1) is 0 Å². The summed E-state index contributed by atoms with van der Waals surface area (Å²) in [5.74, 6) is 1.83. The Hall–Kier alpha value is 1.11. The first-order valence-corrected chi connectivity index (χ1v) is 1.47. The van der Waals surface area contributed by atoms with Crippen molar-refractivity contribution in [3.8, 4) is 0 Å². The van der Waals surface area contributed by atoms with E-state index in [0.29, 0.717) is 0 Å². The van der Waals surface area contributed by atoms with Crippen LogP contribution in [0.25, 0.3) is 0 Å². The van der Waals surface area contributed by atoms with Crippen LogP contribution in [0.3, 0.4) is 0 Å². The molecule has 3 heteroatoms. The summed E-state index contributed by atoms with van der Waals surface area (Å²) < 4.78 is 4.58. The van der Waals surface area contributed by atoms with Gasteiger partial charge < -0.3 is 0 Å². The summed E-state index contributed by atoms with van der Waals surface area (Å²) >= 11 is 0. The average Bonchev–Trinajstić information content (AvgIpc) is 1.76. The van der Waals surface area contributed by atoms with Crippen LogP contribution in [0.5, 0.6) is 0 Å². The van der Waals surface area contributed by atoms with E-state index in [-0.39, 0.29) is 51.4 Å². The predicted molar refractivity (Wildman–Crippen MR) is 25.8 cm³/mol. The second-order valence-corrected chi connectivity index (χ2v) is 0.793. The van der Waals surface area contributed by atoms with Gasteiger partial charge in [-0.1, -0.05) is 0 Å². The second kappa shape index (κ2) is 4.27. The molecule has 1 nitrogen and oxygen atoms in total. The molecular weight excluding hydrogens is 102 g/mol. The Morgan fingerprint density at radius 3 is 2.50 bits per heavy atom. The molecule has 1 aromatic rings. The molecule has 0 fully saturated rings. The van der Waals surface area contributed by atoms with E-state index < -0.39 is 0 Å². The molecule has 1 heterocycles. The van der Waals surface area contributed by atoms with Crippen molar-refractivity contribution in [1.82, 2.24) is 0 Å². The molecule has 1 aromatic heterocycles. The Kier molecular flexibility index (Phi) is 5.07. The maximum absolute atomic E-state index is 4.58. The average molecular weight is 105 g/mol. The molecule has 0 aliphatic heterocycles. The minimum absolute atomic E-state index is 0. The van der Waals surface area contributed by atoms with Gasteiger partial charge in [0.1, 0.15) is 0 Å². The Morgan fingerprint density at radius 1 is 1.50 bits per heavy atom. The molecule has 25 valence electrons. The molecule has 6 heavy (non-hydrogen) atoms. The van der Waals surface area contributed by atoms with Crippen LogP contribution in [0.2, 0.25) is 0 Å². The molecule has 0 atom stereocenters. The Bertz CT molecular complexity index is 67.3. The van der Waals surface area contributed by atoms with Crippen molar-refractivity contribution in [2.24, 2.45) is 0 Å². The van der Waals surface area contributed by atoms with Gasteiger partial charge in [-0.2, -0.15) is 0 Å². The van der Waals surface area contributed by atoms with Gasteiger partial charge in [0.05, 0.1) is 0 Å². The quantitative estimate of drug-likeness (QED) is 0.430. The maximum atomic E-state index is 4.58. The van der Waals surface area contributed by atoms with Crippen molar-refractivity contribution >= 4 is 58.3 Å². The molecule has 0 spiro atoms. The monoisotopic (exact) mass is 105 g/mol. The molecule has 0 saturated heterocycles. The first-order chi connectivity index (χ1) is 2.50. The number of rotatable bonds is 0. The van der Waals surface area contributed by atoms with Crippen molar-refractivity contribution < 1.29 is 4.42 Å². The van der Waals surface area contributed by atoms with Crippen LogP contribution in [0.1, 0.15) is 0 Å². The van der Waals surface area contributed by atoms with Gasteiger partial charge in [-0.25, -0.2) is 0 Å². The molecule has 0 amide bonds. The molecule has 0 aromatic carbocycles. The minimum atomic E-state index is 0. The van der Waals surface area contributed by atoms with E-state index in [1.165, 1.54) is 0 Å². The molecule has 0 aliphatic rings. The Balaban J connectivity index is 0.000000250. The molecular formula is C3H3BKO. The summed E-state index contributed by atoms with van der Waals surface area (Å²) in [6, 6.07) is 0. The van der Waals surface area contributed by atoms with E-state index in [9.17, 15) is 0 Å². The second-order valence-electron chi connectivity index (χ2n) is 0.793. The van der Waals surface area contributed by atoms with Gasteiger partial charge in [0.15, 0.2) is 0 Å². The van der Waals surface area contributed by atoms with Crippen molar-refractivity contribution in [3.05, 3.63) is 18.4 Å². The molecule has 0 aliphatic carbocycles. The third-order valence-corrected chi connectivity index (χ3v) is 0.425. The summed E-state index contributed by atoms with van der Waals surface area (Å²) in [4.78, 5) is 0. The summed E-state index contributed by atoms with van der Waals surface area (Å²) in [7, 11) is 0. The summed E-state index contributed by atoms with van der Waals surface area (Å²) in [6.45, 7) is 1.83. The van der Waals surface area contributed by atoms with Crippen LogP contribution < -0.4 is 0 Å². The predicted octanol–water partition coefficient (Wildman–Crippen LogP) is 0.237. The standard InChI is InChI=1S/C3H3BO.K/c1-2-5-3-4-1;/h1-3H;. The fourth-order valence-corrected chi connectivity index (χ4v) is 0.227. The van der Waals surface area contributed by atoms with Crippen LogP contribution >= 0.6 is 0 Å². The number of hydrogen-bond acceptors (Lipinski definition) is 1. The van der Waals surface area contributed by atoms with Gasteiger partial charge >= 0.3 is 29.7 Å². The van der Waals surface area contributed by atoms with E-state index >= 15 is 0 Å². The van der Waals surface area contributed by atoms with Gasteiger partial charge in [-0.05, 0) is 0 Å². The van der Waals surface area contributed by atoms with Crippen molar-refractivity contribution in [2.45, 2.75) is 0 Å². The fourth-order valence-electron chi connectivity index (χ4n) is 0.227. The van der Waals surface area contributed by atoms with E-state index in [2.05, 4.69) is 4.42 Å². The van der Waals surface area contributed by atoms with Crippen molar-refractivity contribution in [2.75, 3.05) is 0 Å². The van der Waals surface area contributed by atoms with Gasteiger partial charge in [0.25, 0.3) is 0 Å². The van der Waals surface area contributed by atoms with Crippen LogP contribution in [-0.4, -0.2) is 58.3 Å². The fraction of sp³-hybridized carbons (Fsp3) is 0. The van der Waals surface area contributed by atoms with Crippen LogP contribution in [0.15, 0.2) is 22.8 Å². The van der Waals surface area contributed by atoms with Crippen LogP contribution in [0.4, 0.5) is 0 Å². The first-order valence-electron chi connectivity index (χ1n) is 1.47. The zero-order valence-corrected chi connectivity index (χ0v) is 6.84. The molecule has 0 saturated carbocycles. The summed E-state index contributed by atoms with van der Waals surface area (Å²) in [5, 5.41) is 0. The Morgan fingerprint density at radius 2 is 2.33 bits per heavy atom. The third-order valence-electron chi connectivity index (χ3n) is 0.425. The van der Waals surface area contributed by atoms with Crippen molar-refractivity contribution in [3.63, 3.8) is 0 Å². The zero-order chi connectivity index (χ0) is 3.54. The molecule has 1 radical (unpaired) electrons. The first kappa shape index (κ1) is 7.11. The van der Waals surface area contributed by atoms with Crippen LogP contribution in [0, 0.1) is 0 Å². The van der Waals surface area contributed by atoms with Gasteiger partial charge in [-0.3, -0.25) is 0 Å². The summed E-state index contributed by atoms with van der Waals surface area (Å²) in [5.41, 5.74) is 0. The molecule has 0 unspecified atom stereocenters. The zero-order valence-electron chi connectivity index (χ0n) is 3.72. The van der Waals surface area contributed by atoms with E-state index in [1.807, 2.05) is 12.9 Å². The molecule has 0 N–H and O–H groups in total. The van der Waals surface area contributed by atoms with E-state index in [4.69, 9.17) is 0 Å². The number of hydrogen-bond donors (Lipinski definition) is 0. The molecule has 0 bridgehead atoms. The van der Waals surface area contributed by atoms with Gasteiger partial charge in [0, 0.05) is 51.4 Å². The van der Waals surface area contributed by atoms with E-state index in [0.717, 1.165) is 0 Å². The van der Waals surface area contributed by atoms with Crippen molar-refractivity contribution in [1.29, 1.82) is 0 Å². The molecule has 1 rings (SSSR count). The Labute approximate surface area is 79.7 Å². The van der Waals surface area contributed by atoms with Gasteiger partial charge in [0.2, 0.25) is 0 Å². The SMILES string of the molecule is [K].b1ccoc1. The normalized spacial score (nSPS) is 6.00. The topological polar surface area (TPSA) is 13.1 Å². The van der Waals surface area contributed by atoms with E-state index in [1.54, 1.807) is 12.4 Å². The van der Waals surface area contributed by atoms with Crippen LogP contribution in [-0.2, 0) is 0 Å².